The van der Waals surface area contributed by atoms with E-state index in [1.807, 2.05) is 30.5 Å². The molecule has 1 saturated heterocycles. The van der Waals surface area contributed by atoms with Gasteiger partial charge in [-0.3, -0.25) is 9.88 Å². The molecule has 0 unspecified atom stereocenters. The number of benzene rings is 1. The number of halogens is 1. The smallest absolute Gasteiger partial charge is 0.143 e. The van der Waals surface area contributed by atoms with E-state index in [2.05, 4.69) is 22.1 Å². The van der Waals surface area contributed by atoms with Crippen molar-refractivity contribution in [2.24, 2.45) is 5.92 Å². The van der Waals surface area contributed by atoms with Gasteiger partial charge >= 0.3 is 0 Å². The molecule has 0 saturated carbocycles. The zero-order valence-corrected chi connectivity index (χ0v) is 13.7. The van der Waals surface area contributed by atoms with E-state index in [0.717, 1.165) is 31.7 Å². The SMILES string of the molecule is C[C@H]1CN(Cc2ccccn2)CC[C@@H]1Nc1cccc(F)c1C#N. The second-order valence-corrected chi connectivity index (χ2v) is 6.35. The highest BCUT2D eigenvalue weighted by molar-refractivity contribution is 5.58. The quantitative estimate of drug-likeness (QED) is 0.936. The first kappa shape index (κ1) is 16.4. The summed E-state index contributed by atoms with van der Waals surface area (Å²) in [6, 6.07) is 12.9. The largest absolute Gasteiger partial charge is 0.381 e. The number of nitrogens with zero attached hydrogens (tertiary/aromatic N) is 3. The summed E-state index contributed by atoms with van der Waals surface area (Å²) in [6.07, 6.45) is 2.77. The maximum Gasteiger partial charge on any atom is 0.143 e. The zero-order chi connectivity index (χ0) is 16.9. The molecule has 2 heterocycles. The van der Waals surface area contributed by atoms with E-state index in [-0.39, 0.29) is 11.6 Å². The lowest BCUT2D eigenvalue weighted by Crippen LogP contribution is -2.45. The molecule has 1 aliphatic rings. The van der Waals surface area contributed by atoms with Gasteiger partial charge in [-0.2, -0.15) is 5.26 Å². The maximum absolute atomic E-state index is 13.7. The number of hydrogen-bond donors (Lipinski definition) is 1. The highest BCUT2D eigenvalue weighted by atomic mass is 19.1. The van der Waals surface area contributed by atoms with E-state index in [1.165, 1.54) is 6.07 Å². The van der Waals surface area contributed by atoms with Gasteiger partial charge in [0.25, 0.3) is 0 Å². The van der Waals surface area contributed by atoms with Crippen molar-refractivity contribution in [2.75, 3.05) is 18.4 Å². The van der Waals surface area contributed by atoms with E-state index in [0.29, 0.717) is 11.6 Å². The lowest BCUT2D eigenvalue weighted by Gasteiger charge is -2.37. The Hall–Kier alpha value is -2.45. The summed E-state index contributed by atoms with van der Waals surface area (Å²) in [5.41, 5.74) is 1.76. The molecule has 0 bridgehead atoms. The van der Waals surface area contributed by atoms with Gasteiger partial charge in [-0.15, -0.1) is 0 Å². The van der Waals surface area contributed by atoms with Crippen molar-refractivity contribution in [3.8, 4) is 6.07 Å². The number of nitrogens with one attached hydrogen (secondary N) is 1. The van der Waals surface area contributed by atoms with Crippen LogP contribution in [0.15, 0.2) is 42.6 Å². The molecule has 124 valence electrons. The predicted octanol–water partition coefficient (Wildman–Crippen LogP) is 3.41. The molecule has 1 aliphatic heterocycles. The minimum atomic E-state index is -0.470. The number of hydrogen-bond acceptors (Lipinski definition) is 4. The van der Waals surface area contributed by atoms with E-state index < -0.39 is 5.82 Å². The van der Waals surface area contributed by atoms with E-state index in [9.17, 15) is 4.39 Å². The Morgan fingerprint density at radius 1 is 1.33 bits per heavy atom. The minimum Gasteiger partial charge on any atom is -0.381 e. The molecule has 0 radical (unpaired) electrons. The van der Waals surface area contributed by atoms with Crippen LogP contribution < -0.4 is 5.32 Å². The second-order valence-electron chi connectivity index (χ2n) is 6.35. The molecule has 0 amide bonds. The van der Waals surface area contributed by atoms with Crippen molar-refractivity contribution in [1.82, 2.24) is 9.88 Å². The van der Waals surface area contributed by atoms with Crippen LogP contribution in [0.2, 0.25) is 0 Å². The first-order valence-corrected chi connectivity index (χ1v) is 8.25. The molecule has 2 atom stereocenters. The fourth-order valence-electron chi connectivity index (χ4n) is 3.27. The summed E-state index contributed by atoms with van der Waals surface area (Å²) in [5.74, 6) is -0.0694. The summed E-state index contributed by atoms with van der Waals surface area (Å²) in [4.78, 5) is 6.77. The summed E-state index contributed by atoms with van der Waals surface area (Å²) in [7, 11) is 0. The number of aromatic nitrogens is 1. The van der Waals surface area contributed by atoms with Crippen LogP contribution in [0, 0.1) is 23.1 Å². The number of nitriles is 1. The average molecular weight is 324 g/mol. The third kappa shape index (κ3) is 3.72. The van der Waals surface area contributed by atoms with Crippen molar-refractivity contribution < 1.29 is 4.39 Å². The molecular weight excluding hydrogens is 303 g/mol. The van der Waals surface area contributed by atoms with Crippen LogP contribution in [0.4, 0.5) is 10.1 Å². The molecule has 0 spiro atoms. The number of piperidine rings is 1. The summed E-state index contributed by atoms with van der Waals surface area (Å²) in [5, 5.41) is 12.5. The highest BCUT2D eigenvalue weighted by Crippen LogP contribution is 2.25. The van der Waals surface area contributed by atoms with Crippen molar-refractivity contribution >= 4 is 5.69 Å². The highest BCUT2D eigenvalue weighted by Gasteiger charge is 2.27. The van der Waals surface area contributed by atoms with Crippen LogP contribution in [0.3, 0.4) is 0 Å². The molecule has 0 aliphatic carbocycles. The lowest BCUT2D eigenvalue weighted by atomic mass is 9.93. The van der Waals surface area contributed by atoms with E-state index in [1.54, 1.807) is 12.1 Å². The fourth-order valence-corrected chi connectivity index (χ4v) is 3.27. The van der Waals surface area contributed by atoms with Crippen molar-refractivity contribution in [3.63, 3.8) is 0 Å². The first-order valence-electron chi connectivity index (χ1n) is 8.25. The molecule has 2 aromatic rings. The Bertz CT molecular complexity index is 726. The van der Waals surface area contributed by atoms with Crippen LogP contribution in [0.1, 0.15) is 24.6 Å². The number of anilines is 1. The molecule has 5 heteroatoms. The van der Waals surface area contributed by atoms with Crippen molar-refractivity contribution in [2.45, 2.75) is 25.9 Å². The van der Waals surface area contributed by atoms with Gasteiger partial charge in [0.15, 0.2) is 0 Å². The van der Waals surface area contributed by atoms with Crippen LogP contribution >= 0.6 is 0 Å². The molecule has 3 rings (SSSR count). The standard InChI is InChI=1S/C19H21FN4/c1-14-12-24(13-15-5-2-3-9-22-15)10-8-18(14)23-19-7-4-6-17(20)16(19)11-21/h2-7,9,14,18,23H,8,10,12-13H2,1H3/t14-,18-/m0/s1. The van der Waals surface area contributed by atoms with Crippen LogP contribution in [-0.2, 0) is 6.54 Å². The monoisotopic (exact) mass is 324 g/mol. The summed E-state index contributed by atoms with van der Waals surface area (Å²) in [6.45, 7) is 4.94. The van der Waals surface area contributed by atoms with Gasteiger partial charge in [-0.05, 0) is 36.6 Å². The molecule has 1 aromatic heterocycles. The van der Waals surface area contributed by atoms with Crippen molar-refractivity contribution in [1.29, 1.82) is 5.26 Å². The zero-order valence-electron chi connectivity index (χ0n) is 13.7. The van der Waals surface area contributed by atoms with Gasteiger partial charge in [0.05, 0.1) is 11.4 Å². The average Bonchev–Trinajstić information content (AvgIpc) is 2.58. The summed E-state index contributed by atoms with van der Waals surface area (Å²) < 4.78 is 13.7. The van der Waals surface area contributed by atoms with Gasteiger partial charge in [-0.25, -0.2) is 4.39 Å². The Labute approximate surface area is 141 Å². The number of rotatable bonds is 4. The second kappa shape index (κ2) is 7.41. The number of likely N-dealkylation sites (tertiary alicyclic amines) is 1. The fraction of sp³-hybridized carbons (Fsp3) is 0.368. The lowest BCUT2D eigenvalue weighted by molar-refractivity contribution is 0.163. The Balaban J connectivity index is 1.62. The Morgan fingerprint density at radius 2 is 2.21 bits per heavy atom. The molecule has 1 aromatic carbocycles. The minimum absolute atomic E-state index is 0.0978. The Morgan fingerprint density at radius 3 is 2.92 bits per heavy atom. The molecular formula is C19H21FN4. The van der Waals surface area contributed by atoms with Gasteiger partial charge < -0.3 is 5.32 Å². The third-order valence-electron chi connectivity index (χ3n) is 4.57. The van der Waals surface area contributed by atoms with Gasteiger partial charge in [0.2, 0.25) is 0 Å². The summed E-state index contributed by atoms with van der Waals surface area (Å²) >= 11 is 0. The van der Waals surface area contributed by atoms with Gasteiger partial charge in [-0.1, -0.05) is 19.1 Å². The normalized spacial score (nSPS) is 21.2. The van der Waals surface area contributed by atoms with E-state index >= 15 is 0 Å². The number of pyridine rings is 1. The molecule has 4 nitrogen and oxygen atoms in total. The molecule has 1 N–H and O–H groups in total. The van der Waals surface area contributed by atoms with Gasteiger partial charge in [0, 0.05) is 31.9 Å². The predicted molar refractivity (Wildman–Crippen MR) is 91.8 cm³/mol. The molecule has 24 heavy (non-hydrogen) atoms. The van der Waals surface area contributed by atoms with Crippen LogP contribution in [-0.4, -0.2) is 29.0 Å². The topological polar surface area (TPSA) is 52.0 Å². The van der Waals surface area contributed by atoms with Crippen molar-refractivity contribution in [3.05, 3.63) is 59.7 Å². The first-order chi connectivity index (χ1) is 11.7. The molecule has 1 fully saturated rings. The van der Waals surface area contributed by atoms with Crippen LogP contribution in [0.25, 0.3) is 0 Å². The third-order valence-corrected chi connectivity index (χ3v) is 4.57. The van der Waals surface area contributed by atoms with E-state index in [4.69, 9.17) is 5.26 Å². The maximum atomic E-state index is 13.7. The van der Waals surface area contributed by atoms with Crippen LogP contribution in [0.5, 0.6) is 0 Å². The Kier molecular flexibility index (Phi) is 5.07. The van der Waals surface area contributed by atoms with Gasteiger partial charge in [0.1, 0.15) is 17.4 Å².